The van der Waals surface area contributed by atoms with Crippen molar-refractivity contribution in [3.05, 3.63) is 70.2 Å². The van der Waals surface area contributed by atoms with Gasteiger partial charge in [-0.15, -0.1) is 0 Å². The molecule has 0 aromatic heterocycles. The van der Waals surface area contributed by atoms with Crippen LogP contribution in [0.3, 0.4) is 0 Å². The summed E-state index contributed by atoms with van der Waals surface area (Å²) in [5.41, 5.74) is 2.29. The molecule has 84 valence electrons. The first kappa shape index (κ1) is 10.6. The molecular formula is C15H11BrO. The summed E-state index contributed by atoms with van der Waals surface area (Å²) < 4.78 is 7.06. The van der Waals surface area contributed by atoms with E-state index >= 15 is 0 Å². The summed E-state index contributed by atoms with van der Waals surface area (Å²) >= 11 is 3.56. The molecule has 1 atom stereocenters. The zero-order valence-corrected chi connectivity index (χ0v) is 10.7. The van der Waals surface area contributed by atoms with Crippen LogP contribution in [-0.4, -0.2) is 0 Å². The fourth-order valence-electron chi connectivity index (χ4n) is 1.97. The maximum Gasteiger partial charge on any atom is 0.143 e. The van der Waals surface area contributed by atoms with Gasteiger partial charge in [-0.1, -0.05) is 58.4 Å². The molecule has 17 heavy (non-hydrogen) atoms. The molecular weight excluding hydrogens is 276 g/mol. The van der Waals surface area contributed by atoms with E-state index in [2.05, 4.69) is 40.2 Å². The topological polar surface area (TPSA) is 9.23 Å². The van der Waals surface area contributed by atoms with Crippen molar-refractivity contribution in [1.82, 2.24) is 0 Å². The van der Waals surface area contributed by atoms with Gasteiger partial charge >= 0.3 is 0 Å². The van der Waals surface area contributed by atoms with Gasteiger partial charge in [-0.2, -0.15) is 0 Å². The van der Waals surface area contributed by atoms with Crippen LogP contribution in [0.2, 0.25) is 0 Å². The second-order valence-corrected chi connectivity index (χ2v) is 4.81. The van der Waals surface area contributed by atoms with Crippen molar-refractivity contribution in [3.63, 3.8) is 0 Å². The number of para-hydroxylation sites is 1. The van der Waals surface area contributed by atoms with Crippen LogP contribution in [0.15, 0.2) is 59.1 Å². The van der Waals surface area contributed by atoms with Crippen LogP contribution in [0.4, 0.5) is 0 Å². The van der Waals surface area contributed by atoms with E-state index in [9.17, 15) is 0 Å². The summed E-state index contributed by atoms with van der Waals surface area (Å²) in [7, 11) is 0. The van der Waals surface area contributed by atoms with E-state index in [-0.39, 0.29) is 6.10 Å². The van der Waals surface area contributed by atoms with Crippen molar-refractivity contribution in [2.75, 3.05) is 0 Å². The monoisotopic (exact) mass is 286 g/mol. The lowest BCUT2D eigenvalue weighted by Crippen LogP contribution is -2.09. The van der Waals surface area contributed by atoms with Gasteiger partial charge < -0.3 is 4.74 Å². The molecule has 1 aliphatic rings. The third-order valence-corrected chi connectivity index (χ3v) is 3.56. The predicted molar refractivity (Wildman–Crippen MR) is 73.0 cm³/mol. The van der Waals surface area contributed by atoms with Gasteiger partial charge in [0.25, 0.3) is 0 Å². The van der Waals surface area contributed by atoms with Gasteiger partial charge in [0, 0.05) is 15.6 Å². The van der Waals surface area contributed by atoms with Crippen LogP contribution in [0.1, 0.15) is 17.2 Å². The van der Waals surface area contributed by atoms with E-state index in [0.29, 0.717) is 0 Å². The highest BCUT2D eigenvalue weighted by atomic mass is 79.9. The average Bonchev–Trinajstić information content (AvgIpc) is 2.39. The van der Waals surface area contributed by atoms with Gasteiger partial charge in [-0.25, -0.2) is 0 Å². The zero-order valence-electron chi connectivity index (χ0n) is 9.14. The smallest absolute Gasteiger partial charge is 0.143 e. The molecule has 3 rings (SSSR count). The Morgan fingerprint density at radius 2 is 1.71 bits per heavy atom. The van der Waals surface area contributed by atoms with Gasteiger partial charge in [0.05, 0.1) is 0 Å². The molecule has 0 bridgehead atoms. The van der Waals surface area contributed by atoms with Crippen molar-refractivity contribution in [1.29, 1.82) is 0 Å². The molecule has 1 aliphatic heterocycles. The Hall–Kier alpha value is -1.54. The third-order valence-electron chi connectivity index (χ3n) is 2.84. The van der Waals surface area contributed by atoms with Crippen molar-refractivity contribution >= 4 is 22.0 Å². The molecule has 1 nitrogen and oxygen atoms in total. The van der Waals surface area contributed by atoms with Crippen LogP contribution in [-0.2, 0) is 0 Å². The van der Waals surface area contributed by atoms with Crippen LogP contribution >= 0.6 is 15.9 Å². The molecule has 0 amide bonds. The second kappa shape index (κ2) is 4.38. The molecule has 0 radical (unpaired) electrons. The number of ether oxygens (including phenoxy) is 1. The van der Waals surface area contributed by atoms with Gasteiger partial charge in [-0.3, -0.25) is 0 Å². The molecule has 2 aromatic rings. The maximum atomic E-state index is 5.98. The summed E-state index contributed by atoms with van der Waals surface area (Å²) in [5.74, 6) is 0.941. The Kier molecular flexibility index (Phi) is 2.73. The SMILES string of the molecule is Brc1ccccc1C1C=Cc2ccccc2O1. The molecule has 0 saturated carbocycles. The van der Waals surface area contributed by atoms with Crippen LogP contribution in [0.25, 0.3) is 6.08 Å². The number of halogens is 1. The Labute approximate surface area is 109 Å². The lowest BCUT2D eigenvalue weighted by molar-refractivity contribution is 0.251. The fraction of sp³-hybridized carbons (Fsp3) is 0.0667. The summed E-state index contributed by atoms with van der Waals surface area (Å²) in [6, 6.07) is 16.2. The Bertz CT molecular complexity index is 575. The molecule has 0 saturated heterocycles. The van der Waals surface area contributed by atoms with E-state index < -0.39 is 0 Å². The first-order chi connectivity index (χ1) is 8.34. The van der Waals surface area contributed by atoms with Crippen LogP contribution in [0, 0.1) is 0 Å². The highest BCUT2D eigenvalue weighted by Gasteiger charge is 2.17. The number of hydrogen-bond acceptors (Lipinski definition) is 1. The summed E-state index contributed by atoms with van der Waals surface area (Å²) in [5, 5.41) is 0. The van der Waals surface area contributed by atoms with Crippen LogP contribution in [0.5, 0.6) is 5.75 Å². The maximum absolute atomic E-state index is 5.98. The molecule has 0 aliphatic carbocycles. The van der Waals surface area contributed by atoms with Gasteiger partial charge in [0.1, 0.15) is 11.9 Å². The van der Waals surface area contributed by atoms with E-state index in [1.165, 1.54) is 0 Å². The second-order valence-electron chi connectivity index (χ2n) is 3.96. The number of hydrogen-bond donors (Lipinski definition) is 0. The summed E-state index contributed by atoms with van der Waals surface area (Å²) in [6.45, 7) is 0. The van der Waals surface area contributed by atoms with Crippen molar-refractivity contribution in [3.8, 4) is 5.75 Å². The van der Waals surface area contributed by atoms with E-state index in [1.54, 1.807) is 0 Å². The minimum Gasteiger partial charge on any atom is -0.481 e. The first-order valence-electron chi connectivity index (χ1n) is 5.53. The van der Waals surface area contributed by atoms with E-state index in [1.807, 2.05) is 36.4 Å². The lowest BCUT2D eigenvalue weighted by Gasteiger charge is -2.22. The molecule has 2 heteroatoms. The normalized spacial score (nSPS) is 17.4. The minimum atomic E-state index is -0.0134. The molecule has 2 aromatic carbocycles. The summed E-state index contributed by atoms with van der Waals surface area (Å²) in [4.78, 5) is 0. The van der Waals surface area contributed by atoms with Gasteiger partial charge in [0.15, 0.2) is 0 Å². The van der Waals surface area contributed by atoms with Crippen molar-refractivity contribution < 1.29 is 4.74 Å². The molecule has 0 fully saturated rings. The first-order valence-corrected chi connectivity index (χ1v) is 6.32. The zero-order chi connectivity index (χ0) is 11.7. The minimum absolute atomic E-state index is 0.0134. The van der Waals surface area contributed by atoms with E-state index in [0.717, 1.165) is 21.3 Å². The number of fused-ring (bicyclic) bond motifs is 1. The largest absolute Gasteiger partial charge is 0.481 e. The van der Waals surface area contributed by atoms with Gasteiger partial charge in [0.2, 0.25) is 0 Å². The Balaban J connectivity index is 1.98. The molecule has 1 heterocycles. The Morgan fingerprint density at radius 3 is 2.59 bits per heavy atom. The van der Waals surface area contributed by atoms with Crippen molar-refractivity contribution in [2.24, 2.45) is 0 Å². The summed E-state index contributed by atoms with van der Waals surface area (Å²) in [6.07, 6.45) is 4.19. The highest BCUT2D eigenvalue weighted by Crippen LogP contribution is 2.34. The third kappa shape index (κ3) is 2.01. The van der Waals surface area contributed by atoms with E-state index in [4.69, 9.17) is 4.74 Å². The predicted octanol–water partition coefficient (Wildman–Crippen LogP) is 4.60. The average molecular weight is 287 g/mol. The van der Waals surface area contributed by atoms with Crippen LogP contribution < -0.4 is 4.74 Å². The molecule has 1 unspecified atom stereocenters. The Morgan fingerprint density at radius 1 is 0.941 bits per heavy atom. The fourth-order valence-corrected chi connectivity index (χ4v) is 2.48. The lowest BCUT2D eigenvalue weighted by atomic mass is 10.0. The van der Waals surface area contributed by atoms with Crippen molar-refractivity contribution in [2.45, 2.75) is 6.10 Å². The standard InChI is InChI=1S/C15H11BrO/c16-13-7-3-2-6-12(13)15-10-9-11-5-1-4-8-14(11)17-15/h1-10,15H. The number of rotatable bonds is 1. The molecule has 0 N–H and O–H groups in total. The molecule has 0 spiro atoms. The quantitative estimate of drug-likeness (QED) is 0.745. The highest BCUT2D eigenvalue weighted by molar-refractivity contribution is 9.10. The van der Waals surface area contributed by atoms with Gasteiger partial charge in [-0.05, 0) is 18.2 Å². The number of benzene rings is 2.